The summed E-state index contributed by atoms with van der Waals surface area (Å²) >= 11 is 0. The van der Waals surface area contributed by atoms with Crippen LogP contribution in [0.3, 0.4) is 0 Å². The van der Waals surface area contributed by atoms with E-state index in [1.54, 1.807) is 36.5 Å². The number of rotatable bonds is 7. The summed E-state index contributed by atoms with van der Waals surface area (Å²) in [5, 5.41) is 5.80. The first-order chi connectivity index (χ1) is 11.5. The highest BCUT2D eigenvalue weighted by molar-refractivity contribution is 5.89. The van der Waals surface area contributed by atoms with Crippen LogP contribution in [0.25, 0.3) is 0 Å². The van der Waals surface area contributed by atoms with Gasteiger partial charge in [-0.2, -0.15) is 0 Å². The summed E-state index contributed by atoms with van der Waals surface area (Å²) in [4.78, 5) is 28.9. The van der Waals surface area contributed by atoms with Crippen LogP contribution >= 0.6 is 0 Å². The van der Waals surface area contributed by atoms with Crippen molar-refractivity contribution < 1.29 is 9.59 Å². The molecule has 1 heterocycles. The topological polar surface area (TPSA) is 74.3 Å². The smallest absolute Gasteiger partial charge is 0.241 e. The molecule has 1 aromatic carbocycles. The summed E-state index contributed by atoms with van der Waals surface area (Å²) in [6.45, 7) is 2.31. The van der Waals surface area contributed by atoms with Crippen molar-refractivity contribution in [1.82, 2.24) is 9.88 Å². The van der Waals surface area contributed by atoms with Crippen molar-refractivity contribution in [2.45, 2.75) is 13.3 Å². The molecule has 0 fully saturated rings. The van der Waals surface area contributed by atoms with Gasteiger partial charge in [-0.05, 0) is 42.3 Å². The van der Waals surface area contributed by atoms with Crippen LogP contribution < -0.4 is 10.6 Å². The molecule has 2 N–H and O–H groups in total. The molecule has 0 spiro atoms. The molecule has 0 radical (unpaired) electrons. The van der Waals surface area contributed by atoms with E-state index >= 15 is 0 Å². The van der Waals surface area contributed by atoms with Crippen molar-refractivity contribution >= 4 is 23.2 Å². The number of nitrogens with zero attached hydrogens (tertiary/aromatic N) is 2. The summed E-state index contributed by atoms with van der Waals surface area (Å²) in [6, 6.07) is 11.2. The zero-order chi connectivity index (χ0) is 17.4. The third-order valence-electron chi connectivity index (χ3n) is 3.54. The van der Waals surface area contributed by atoms with Gasteiger partial charge < -0.3 is 15.5 Å². The van der Waals surface area contributed by atoms with Gasteiger partial charge >= 0.3 is 0 Å². The average Bonchev–Trinajstić information content (AvgIpc) is 2.58. The van der Waals surface area contributed by atoms with Crippen molar-refractivity contribution in [3.05, 3.63) is 54.4 Å². The molecule has 24 heavy (non-hydrogen) atoms. The van der Waals surface area contributed by atoms with Gasteiger partial charge in [-0.15, -0.1) is 0 Å². The van der Waals surface area contributed by atoms with Gasteiger partial charge in [-0.1, -0.05) is 6.07 Å². The van der Waals surface area contributed by atoms with E-state index in [4.69, 9.17) is 0 Å². The van der Waals surface area contributed by atoms with Crippen LogP contribution in [-0.4, -0.2) is 41.8 Å². The maximum absolute atomic E-state index is 12.2. The lowest BCUT2D eigenvalue weighted by molar-refractivity contribution is -0.128. The Morgan fingerprint density at radius 3 is 2.54 bits per heavy atom. The highest BCUT2D eigenvalue weighted by atomic mass is 16.2. The summed E-state index contributed by atoms with van der Waals surface area (Å²) in [5.41, 5.74) is 2.64. The van der Waals surface area contributed by atoms with E-state index in [1.165, 1.54) is 6.92 Å². The molecular formula is C18H22N4O2. The van der Waals surface area contributed by atoms with Gasteiger partial charge in [0.15, 0.2) is 0 Å². The van der Waals surface area contributed by atoms with Crippen molar-refractivity contribution in [2.24, 2.45) is 0 Å². The van der Waals surface area contributed by atoms with E-state index in [0.29, 0.717) is 12.2 Å². The van der Waals surface area contributed by atoms with Gasteiger partial charge in [0.2, 0.25) is 11.8 Å². The number of hydrogen-bond donors (Lipinski definition) is 2. The van der Waals surface area contributed by atoms with Gasteiger partial charge in [-0.25, -0.2) is 0 Å². The highest BCUT2D eigenvalue weighted by Crippen LogP contribution is 2.14. The maximum atomic E-state index is 12.2. The minimum absolute atomic E-state index is 0.00832. The Morgan fingerprint density at radius 1 is 1.12 bits per heavy atom. The van der Waals surface area contributed by atoms with Crippen LogP contribution in [0.1, 0.15) is 12.5 Å². The van der Waals surface area contributed by atoms with E-state index in [-0.39, 0.29) is 18.4 Å². The molecule has 126 valence electrons. The molecule has 2 amide bonds. The second kappa shape index (κ2) is 8.67. The molecule has 0 saturated heterocycles. The number of pyridine rings is 1. The zero-order valence-electron chi connectivity index (χ0n) is 14.0. The Labute approximate surface area is 141 Å². The number of carbonyl (C=O) groups is 2. The van der Waals surface area contributed by atoms with Crippen molar-refractivity contribution in [3.63, 3.8) is 0 Å². The van der Waals surface area contributed by atoms with E-state index in [9.17, 15) is 9.59 Å². The van der Waals surface area contributed by atoms with Crippen molar-refractivity contribution in [3.8, 4) is 0 Å². The number of anilines is 2. The van der Waals surface area contributed by atoms with Crippen molar-refractivity contribution in [2.75, 3.05) is 30.8 Å². The molecule has 2 aromatic rings. The minimum atomic E-state index is -0.126. The number of carbonyl (C=O) groups excluding carboxylic acids is 2. The maximum Gasteiger partial charge on any atom is 0.241 e. The molecule has 0 unspecified atom stereocenters. The summed E-state index contributed by atoms with van der Waals surface area (Å²) in [6.07, 6.45) is 4.30. The SMILES string of the molecule is CC(=O)Nc1cccc(NCC(=O)N(C)CCc2ccncc2)c1. The fraction of sp³-hybridized carbons (Fsp3) is 0.278. The Bertz CT molecular complexity index is 688. The van der Waals surface area contributed by atoms with Gasteiger partial charge in [0.1, 0.15) is 0 Å². The number of amides is 2. The van der Waals surface area contributed by atoms with E-state index in [0.717, 1.165) is 17.7 Å². The number of likely N-dealkylation sites (N-methyl/N-ethyl adjacent to an activating group) is 1. The Kier molecular flexibility index (Phi) is 6.31. The normalized spacial score (nSPS) is 10.1. The van der Waals surface area contributed by atoms with Crippen LogP contribution in [0, 0.1) is 0 Å². The second-order valence-electron chi connectivity index (χ2n) is 5.54. The van der Waals surface area contributed by atoms with Crippen LogP contribution in [0.2, 0.25) is 0 Å². The van der Waals surface area contributed by atoms with Gasteiger partial charge in [-0.3, -0.25) is 14.6 Å². The quantitative estimate of drug-likeness (QED) is 0.817. The fourth-order valence-electron chi connectivity index (χ4n) is 2.19. The van der Waals surface area contributed by atoms with Crippen LogP contribution in [-0.2, 0) is 16.0 Å². The first-order valence-electron chi connectivity index (χ1n) is 7.79. The summed E-state index contributed by atoms with van der Waals surface area (Å²) in [7, 11) is 1.79. The van der Waals surface area contributed by atoms with E-state index in [2.05, 4.69) is 15.6 Å². The zero-order valence-corrected chi connectivity index (χ0v) is 14.0. The van der Waals surface area contributed by atoms with Crippen molar-refractivity contribution in [1.29, 1.82) is 0 Å². The molecule has 2 rings (SSSR count). The molecule has 0 atom stereocenters. The Morgan fingerprint density at radius 2 is 1.83 bits per heavy atom. The van der Waals surface area contributed by atoms with Gasteiger partial charge in [0, 0.05) is 44.3 Å². The van der Waals surface area contributed by atoms with Crippen LogP contribution in [0.15, 0.2) is 48.8 Å². The van der Waals surface area contributed by atoms with Gasteiger partial charge in [0.25, 0.3) is 0 Å². The first kappa shape index (κ1) is 17.5. The minimum Gasteiger partial charge on any atom is -0.376 e. The highest BCUT2D eigenvalue weighted by Gasteiger charge is 2.08. The first-order valence-corrected chi connectivity index (χ1v) is 7.79. The molecular weight excluding hydrogens is 304 g/mol. The number of nitrogens with one attached hydrogen (secondary N) is 2. The van der Waals surface area contributed by atoms with E-state index < -0.39 is 0 Å². The molecule has 0 aliphatic heterocycles. The molecule has 0 aliphatic carbocycles. The number of benzene rings is 1. The van der Waals surface area contributed by atoms with E-state index in [1.807, 2.05) is 24.3 Å². The Hall–Kier alpha value is -2.89. The average molecular weight is 326 g/mol. The fourth-order valence-corrected chi connectivity index (χ4v) is 2.19. The lowest BCUT2D eigenvalue weighted by Gasteiger charge is -2.18. The van der Waals surface area contributed by atoms with Gasteiger partial charge in [0.05, 0.1) is 6.54 Å². The van der Waals surface area contributed by atoms with Crippen LogP contribution in [0.5, 0.6) is 0 Å². The predicted octanol–water partition coefficient (Wildman–Crippen LogP) is 2.15. The Balaban J connectivity index is 1.80. The third kappa shape index (κ3) is 5.72. The lowest BCUT2D eigenvalue weighted by atomic mass is 10.2. The number of hydrogen-bond acceptors (Lipinski definition) is 4. The summed E-state index contributed by atoms with van der Waals surface area (Å²) < 4.78 is 0. The standard InChI is InChI=1S/C18H22N4O2/c1-14(23)21-17-5-3-4-16(12-17)20-13-18(24)22(2)11-8-15-6-9-19-10-7-15/h3-7,9-10,12,20H,8,11,13H2,1-2H3,(H,21,23). The third-order valence-corrected chi connectivity index (χ3v) is 3.54. The molecule has 6 heteroatoms. The molecule has 1 aromatic heterocycles. The summed E-state index contributed by atoms with van der Waals surface area (Å²) in [5.74, 6) is -0.118. The molecule has 6 nitrogen and oxygen atoms in total. The molecule has 0 bridgehead atoms. The second-order valence-corrected chi connectivity index (χ2v) is 5.54. The molecule has 0 aliphatic rings. The van der Waals surface area contributed by atoms with Crippen LogP contribution in [0.4, 0.5) is 11.4 Å². The molecule has 0 saturated carbocycles. The monoisotopic (exact) mass is 326 g/mol. The largest absolute Gasteiger partial charge is 0.376 e. The number of aromatic nitrogens is 1. The lowest BCUT2D eigenvalue weighted by Crippen LogP contribution is -2.33. The predicted molar refractivity (Wildman–Crippen MR) is 94.8 cm³/mol.